The monoisotopic (exact) mass is 256 g/mol. The van der Waals surface area contributed by atoms with Gasteiger partial charge in [-0.15, -0.1) is 0 Å². The molecule has 0 aromatic carbocycles. The van der Waals surface area contributed by atoms with Crippen molar-refractivity contribution in [3.63, 3.8) is 0 Å². The van der Waals surface area contributed by atoms with Crippen molar-refractivity contribution >= 4 is 0 Å². The van der Waals surface area contributed by atoms with Gasteiger partial charge in [-0.05, 0) is 57.5 Å². The lowest BCUT2D eigenvalue weighted by Gasteiger charge is -2.24. The SMILES string of the molecule is CC1CN(CCCC(CCN)C(C)C)CCCO1. The molecular weight excluding hydrogens is 224 g/mol. The van der Waals surface area contributed by atoms with Gasteiger partial charge in [0.2, 0.25) is 0 Å². The van der Waals surface area contributed by atoms with Gasteiger partial charge >= 0.3 is 0 Å². The van der Waals surface area contributed by atoms with E-state index in [1.807, 2.05) is 0 Å². The van der Waals surface area contributed by atoms with E-state index in [1.165, 1.54) is 38.8 Å². The molecule has 1 aliphatic heterocycles. The second-order valence-electron chi connectivity index (χ2n) is 6.06. The van der Waals surface area contributed by atoms with E-state index in [-0.39, 0.29) is 0 Å². The van der Waals surface area contributed by atoms with Crippen LogP contribution in [0.3, 0.4) is 0 Å². The molecule has 1 saturated heterocycles. The Morgan fingerprint density at radius 3 is 2.78 bits per heavy atom. The average molecular weight is 256 g/mol. The van der Waals surface area contributed by atoms with E-state index in [0.717, 1.165) is 31.5 Å². The lowest BCUT2D eigenvalue weighted by Crippen LogP contribution is -2.31. The first-order valence-corrected chi connectivity index (χ1v) is 7.67. The molecule has 0 spiro atoms. The molecule has 18 heavy (non-hydrogen) atoms. The van der Waals surface area contributed by atoms with E-state index in [2.05, 4.69) is 25.7 Å². The fraction of sp³-hybridized carbons (Fsp3) is 1.00. The van der Waals surface area contributed by atoms with Gasteiger partial charge in [-0.1, -0.05) is 13.8 Å². The Morgan fingerprint density at radius 1 is 1.33 bits per heavy atom. The first kappa shape index (κ1) is 15.9. The van der Waals surface area contributed by atoms with E-state index in [0.29, 0.717) is 6.10 Å². The third-order valence-corrected chi connectivity index (χ3v) is 4.07. The summed E-state index contributed by atoms with van der Waals surface area (Å²) in [6, 6.07) is 0. The Bertz CT molecular complexity index is 209. The van der Waals surface area contributed by atoms with Gasteiger partial charge in [0.05, 0.1) is 6.10 Å². The highest BCUT2D eigenvalue weighted by atomic mass is 16.5. The van der Waals surface area contributed by atoms with E-state index in [4.69, 9.17) is 10.5 Å². The highest BCUT2D eigenvalue weighted by Crippen LogP contribution is 2.20. The molecule has 3 nitrogen and oxygen atoms in total. The highest BCUT2D eigenvalue weighted by molar-refractivity contribution is 4.69. The Morgan fingerprint density at radius 2 is 2.11 bits per heavy atom. The van der Waals surface area contributed by atoms with Gasteiger partial charge in [0.15, 0.2) is 0 Å². The zero-order valence-electron chi connectivity index (χ0n) is 12.5. The molecule has 3 heteroatoms. The molecule has 1 aliphatic rings. The van der Waals surface area contributed by atoms with Crippen molar-refractivity contribution in [3.8, 4) is 0 Å². The van der Waals surface area contributed by atoms with Crippen molar-refractivity contribution in [1.29, 1.82) is 0 Å². The van der Waals surface area contributed by atoms with Gasteiger partial charge < -0.3 is 15.4 Å². The molecule has 2 N–H and O–H groups in total. The highest BCUT2D eigenvalue weighted by Gasteiger charge is 2.16. The zero-order valence-corrected chi connectivity index (χ0v) is 12.5. The van der Waals surface area contributed by atoms with Crippen LogP contribution in [0.2, 0.25) is 0 Å². The second-order valence-corrected chi connectivity index (χ2v) is 6.06. The van der Waals surface area contributed by atoms with Gasteiger partial charge in [0.25, 0.3) is 0 Å². The summed E-state index contributed by atoms with van der Waals surface area (Å²) in [4.78, 5) is 2.57. The van der Waals surface area contributed by atoms with E-state index in [9.17, 15) is 0 Å². The van der Waals surface area contributed by atoms with Crippen LogP contribution in [0.25, 0.3) is 0 Å². The molecule has 1 fully saturated rings. The van der Waals surface area contributed by atoms with Crippen LogP contribution in [0.4, 0.5) is 0 Å². The summed E-state index contributed by atoms with van der Waals surface area (Å²) in [7, 11) is 0. The average Bonchev–Trinajstić information content (AvgIpc) is 2.52. The first-order valence-electron chi connectivity index (χ1n) is 7.67. The molecule has 108 valence electrons. The lowest BCUT2D eigenvalue weighted by molar-refractivity contribution is 0.0673. The van der Waals surface area contributed by atoms with Crippen LogP contribution in [-0.2, 0) is 4.74 Å². The van der Waals surface area contributed by atoms with Crippen LogP contribution in [-0.4, -0.2) is 43.8 Å². The molecule has 2 unspecified atom stereocenters. The van der Waals surface area contributed by atoms with Gasteiger partial charge in [-0.25, -0.2) is 0 Å². The Hall–Kier alpha value is -0.120. The van der Waals surface area contributed by atoms with Crippen LogP contribution in [0, 0.1) is 11.8 Å². The molecular formula is C15H32N2O. The van der Waals surface area contributed by atoms with Crippen LogP contribution >= 0.6 is 0 Å². The third kappa shape index (κ3) is 6.17. The second kappa shape index (κ2) is 8.89. The number of nitrogens with zero attached hydrogens (tertiary/aromatic N) is 1. The molecule has 1 heterocycles. The quantitative estimate of drug-likeness (QED) is 0.760. The van der Waals surface area contributed by atoms with Crippen molar-refractivity contribution in [2.24, 2.45) is 17.6 Å². The maximum absolute atomic E-state index is 5.69. The van der Waals surface area contributed by atoms with E-state index < -0.39 is 0 Å². The predicted molar refractivity (Wildman–Crippen MR) is 77.7 cm³/mol. The Kier molecular flexibility index (Phi) is 7.87. The molecule has 0 saturated carbocycles. The molecule has 2 atom stereocenters. The van der Waals surface area contributed by atoms with E-state index in [1.54, 1.807) is 0 Å². The van der Waals surface area contributed by atoms with Crippen LogP contribution in [0.1, 0.15) is 46.5 Å². The summed E-state index contributed by atoms with van der Waals surface area (Å²) >= 11 is 0. The van der Waals surface area contributed by atoms with Gasteiger partial charge in [-0.3, -0.25) is 0 Å². The molecule has 1 rings (SSSR count). The van der Waals surface area contributed by atoms with Crippen LogP contribution in [0.15, 0.2) is 0 Å². The van der Waals surface area contributed by atoms with Crippen molar-refractivity contribution in [3.05, 3.63) is 0 Å². The summed E-state index contributed by atoms with van der Waals surface area (Å²) in [6.45, 7) is 12.1. The Labute approximate surface area is 113 Å². The number of hydrogen-bond acceptors (Lipinski definition) is 3. The fourth-order valence-corrected chi connectivity index (χ4v) is 2.89. The minimum absolute atomic E-state index is 0.400. The standard InChI is InChI=1S/C15H32N2O/c1-13(2)15(7-8-16)6-4-9-17-10-5-11-18-14(3)12-17/h13-15H,4-12,16H2,1-3H3. The summed E-state index contributed by atoms with van der Waals surface area (Å²) < 4.78 is 5.68. The van der Waals surface area contributed by atoms with Crippen LogP contribution < -0.4 is 5.73 Å². The lowest BCUT2D eigenvalue weighted by atomic mass is 9.88. The molecule has 0 aliphatic carbocycles. The minimum atomic E-state index is 0.400. The molecule has 0 radical (unpaired) electrons. The van der Waals surface area contributed by atoms with E-state index >= 15 is 0 Å². The molecule has 0 amide bonds. The number of ether oxygens (including phenoxy) is 1. The smallest absolute Gasteiger partial charge is 0.0673 e. The Balaban J connectivity index is 2.22. The summed E-state index contributed by atoms with van der Waals surface area (Å²) in [6.07, 6.45) is 5.38. The minimum Gasteiger partial charge on any atom is -0.377 e. The first-order chi connectivity index (χ1) is 8.63. The molecule has 0 bridgehead atoms. The maximum Gasteiger partial charge on any atom is 0.0673 e. The fourth-order valence-electron chi connectivity index (χ4n) is 2.89. The van der Waals surface area contributed by atoms with Gasteiger partial charge in [-0.2, -0.15) is 0 Å². The third-order valence-electron chi connectivity index (χ3n) is 4.07. The maximum atomic E-state index is 5.69. The summed E-state index contributed by atoms with van der Waals surface area (Å²) in [5.74, 6) is 1.57. The van der Waals surface area contributed by atoms with Crippen LogP contribution in [0.5, 0.6) is 0 Å². The van der Waals surface area contributed by atoms with Crippen molar-refractivity contribution in [2.45, 2.75) is 52.6 Å². The van der Waals surface area contributed by atoms with Crippen molar-refractivity contribution in [2.75, 3.05) is 32.8 Å². The predicted octanol–water partition coefficient (Wildman–Crippen LogP) is 2.50. The normalized spacial score (nSPS) is 24.2. The number of rotatable bonds is 7. The summed E-state index contributed by atoms with van der Waals surface area (Å²) in [5.41, 5.74) is 5.69. The zero-order chi connectivity index (χ0) is 13.4. The van der Waals surface area contributed by atoms with Gasteiger partial charge in [0.1, 0.15) is 0 Å². The number of hydrogen-bond donors (Lipinski definition) is 1. The van der Waals surface area contributed by atoms with Crippen molar-refractivity contribution < 1.29 is 4.74 Å². The summed E-state index contributed by atoms with van der Waals surface area (Å²) in [5, 5.41) is 0. The number of nitrogens with two attached hydrogens (primary N) is 1. The largest absolute Gasteiger partial charge is 0.377 e. The van der Waals surface area contributed by atoms with Gasteiger partial charge in [0, 0.05) is 19.7 Å². The topological polar surface area (TPSA) is 38.5 Å². The molecule has 0 aromatic rings. The van der Waals surface area contributed by atoms with Crippen molar-refractivity contribution in [1.82, 2.24) is 4.90 Å². The molecule has 0 aromatic heterocycles.